The molecule has 0 bridgehead atoms. The van der Waals surface area contributed by atoms with Crippen LogP contribution in [0.4, 0.5) is 18.0 Å². The molecule has 0 aromatic carbocycles. The normalized spacial score (nSPS) is 16.7. The first-order valence-corrected chi connectivity index (χ1v) is 6.94. The van der Waals surface area contributed by atoms with Crippen LogP contribution < -0.4 is 5.32 Å². The van der Waals surface area contributed by atoms with Gasteiger partial charge in [0.15, 0.2) is 0 Å². The van der Waals surface area contributed by atoms with Gasteiger partial charge in [0.25, 0.3) is 0 Å². The summed E-state index contributed by atoms with van der Waals surface area (Å²) in [7, 11) is 0. The molecule has 1 rings (SSSR count). The van der Waals surface area contributed by atoms with E-state index in [1.165, 1.54) is 0 Å². The number of halogens is 3. The standard InChI is InChI=1S/C13H21F3N2O3/c1-8(2)5-9(11(19)20)6-17-12(21)18(10-3-4-10)7-13(14,15)16/h8-10H,3-7H2,1-2H3,(H,17,21)(H,19,20). The van der Waals surface area contributed by atoms with E-state index in [0.29, 0.717) is 19.3 Å². The lowest BCUT2D eigenvalue weighted by Gasteiger charge is -2.25. The molecule has 1 unspecified atom stereocenters. The molecule has 122 valence electrons. The van der Waals surface area contributed by atoms with Gasteiger partial charge in [0, 0.05) is 12.6 Å². The molecule has 0 spiro atoms. The molecule has 2 amide bonds. The number of carboxylic acids is 1. The summed E-state index contributed by atoms with van der Waals surface area (Å²) in [4.78, 5) is 23.6. The maximum absolute atomic E-state index is 12.4. The van der Waals surface area contributed by atoms with Gasteiger partial charge in [-0.25, -0.2) is 4.79 Å². The second-order valence-corrected chi connectivity index (χ2v) is 5.83. The van der Waals surface area contributed by atoms with Gasteiger partial charge in [0.05, 0.1) is 5.92 Å². The highest BCUT2D eigenvalue weighted by Gasteiger charge is 2.40. The molecule has 1 saturated carbocycles. The molecule has 8 heteroatoms. The van der Waals surface area contributed by atoms with Crippen molar-refractivity contribution in [3.63, 3.8) is 0 Å². The minimum absolute atomic E-state index is 0.123. The van der Waals surface area contributed by atoms with Crippen molar-refractivity contribution in [3.05, 3.63) is 0 Å². The number of carboxylic acid groups (broad SMARTS) is 1. The van der Waals surface area contributed by atoms with Crippen LogP contribution in [0.1, 0.15) is 33.1 Å². The minimum atomic E-state index is -4.45. The van der Waals surface area contributed by atoms with Gasteiger partial charge in [-0.2, -0.15) is 13.2 Å². The van der Waals surface area contributed by atoms with Crippen molar-refractivity contribution >= 4 is 12.0 Å². The topological polar surface area (TPSA) is 69.6 Å². The summed E-state index contributed by atoms with van der Waals surface area (Å²) in [6.07, 6.45) is -2.99. The quantitative estimate of drug-likeness (QED) is 0.759. The third-order valence-electron chi connectivity index (χ3n) is 3.20. The smallest absolute Gasteiger partial charge is 0.406 e. The van der Waals surface area contributed by atoms with Crippen LogP contribution in [0, 0.1) is 11.8 Å². The number of carbonyl (C=O) groups excluding carboxylic acids is 1. The maximum Gasteiger partial charge on any atom is 0.406 e. The average molecular weight is 310 g/mol. The number of nitrogens with one attached hydrogen (secondary N) is 1. The number of hydrogen-bond donors (Lipinski definition) is 2. The molecule has 0 saturated heterocycles. The van der Waals surface area contributed by atoms with Gasteiger partial charge < -0.3 is 15.3 Å². The monoisotopic (exact) mass is 310 g/mol. The Labute approximate surface area is 121 Å². The molecule has 0 aliphatic heterocycles. The number of amides is 2. The van der Waals surface area contributed by atoms with Crippen LogP contribution in [-0.2, 0) is 4.79 Å². The van der Waals surface area contributed by atoms with E-state index >= 15 is 0 Å². The molecule has 2 N–H and O–H groups in total. The third kappa shape index (κ3) is 6.68. The van der Waals surface area contributed by atoms with E-state index in [9.17, 15) is 22.8 Å². The van der Waals surface area contributed by atoms with Gasteiger partial charge in [-0.15, -0.1) is 0 Å². The predicted molar refractivity (Wildman–Crippen MR) is 69.8 cm³/mol. The number of hydrogen-bond acceptors (Lipinski definition) is 2. The van der Waals surface area contributed by atoms with Gasteiger partial charge >= 0.3 is 18.2 Å². The van der Waals surface area contributed by atoms with Crippen molar-refractivity contribution in [1.82, 2.24) is 10.2 Å². The molecule has 1 fully saturated rings. The van der Waals surface area contributed by atoms with Crippen molar-refractivity contribution in [1.29, 1.82) is 0 Å². The number of urea groups is 1. The Morgan fingerprint density at radius 1 is 1.33 bits per heavy atom. The van der Waals surface area contributed by atoms with Crippen LogP contribution in [0.15, 0.2) is 0 Å². The van der Waals surface area contributed by atoms with Crippen LogP contribution >= 0.6 is 0 Å². The van der Waals surface area contributed by atoms with Gasteiger partial charge in [0.1, 0.15) is 6.54 Å². The molecule has 0 aromatic rings. The van der Waals surface area contributed by atoms with Gasteiger partial charge in [-0.05, 0) is 25.2 Å². The Morgan fingerprint density at radius 2 is 1.90 bits per heavy atom. The molecule has 21 heavy (non-hydrogen) atoms. The Kier molecular flexibility index (Phi) is 5.86. The number of alkyl halides is 3. The third-order valence-corrected chi connectivity index (χ3v) is 3.20. The number of rotatable bonds is 7. The molecule has 0 aromatic heterocycles. The zero-order valence-electron chi connectivity index (χ0n) is 12.1. The summed E-state index contributed by atoms with van der Waals surface area (Å²) in [6.45, 7) is 2.23. The lowest BCUT2D eigenvalue weighted by Crippen LogP contribution is -2.47. The predicted octanol–water partition coefficient (Wildman–Crippen LogP) is 2.47. The van der Waals surface area contributed by atoms with Crippen molar-refractivity contribution in [2.45, 2.75) is 45.3 Å². The summed E-state index contributed by atoms with van der Waals surface area (Å²) in [5.74, 6) is -1.73. The van der Waals surface area contributed by atoms with Crippen molar-refractivity contribution < 1.29 is 27.9 Å². The van der Waals surface area contributed by atoms with E-state index in [4.69, 9.17) is 5.11 Å². The highest BCUT2D eigenvalue weighted by atomic mass is 19.4. The van der Waals surface area contributed by atoms with E-state index in [-0.39, 0.29) is 18.5 Å². The van der Waals surface area contributed by atoms with Gasteiger partial charge in [0.2, 0.25) is 0 Å². The zero-order chi connectivity index (χ0) is 16.2. The van der Waals surface area contributed by atoms with E-state index in [1.54, 1.807) is 0 Å². The fourth-order valence-electron chi connectivity index (χ4n) is 2.10. The molecular weight excluding hydrogens is 289 g/mol. The fourth-order valence-corrected chi connectivity index (χ4v) is 2.10. The molecule has 0 radical (unpaired) electrons. The Morgan fingerprint density at radius 3 is 2.29 bits per heavy atom. The van der Waals surface area contributed by atoms with E-state index in [1.807, 2.05) is 13.8 Å². The lowest BCUT2D eigenvalue weighted by atomic mass is 9.97. The maximum atomic E-state index is 12.4. The number of aliphatic carboxylic acids is 1. The zero-order valence-corrected chi connectivity index (χ0v) is 12.1. The summed E-state index contributed by atoms with van der Waals surface area (Å²) < 4.78 is 37.3. The summed E-state index contributed by atoms with van der Waals surface area (Å²) in [5, 5.41) is 11.4. The highest BCUT2D eigenvalue weighted by molar-refractivity contribution is 5.76. The number of carbonyl (C=O) groups is 2. The lowest BCUT2D eigenvalue weighted by molar-refractivity contribution is -0.143. The van der Waals surface area contributed by atoms with Crippen LogP contribution in [0.25, 0.3) is 0 Å². The van der Waals surface area contributed by atoms with Crippen LogP contribution in [0.5, 0.6) is 0 Å². The minimum Gasteiger partial charge on any atom is -0.481 e. The van der Waals surface area contributed by atoms with E-state index in [0.717, 1.165) is 4.90 Å². The molecule has 1 atom stereocenters. The molecular formula is C13H21F3N2O3. The van der Waals surface area contributed by atoms with Gasteiger partial charge in [-0.3, -0.25) is 4.79 Å². The SMILES string of the molecule is CC(C)CC(CNC(=O)N(CC(F)(F)F)C1CC1)C(=O)O. The van der Waals surface area contributed by atoms with E-state index < -0.39 is 30.6 Å². The van der Waals surface area contributed by atoms with Crippen molar-refractivity contribution in [2.24, 2.45) is 11.8 Å². The second-order valence-electron chi connectivity index (χ2n) is 5.83. The first kappa shape index (κ1) is 17.6. The molecule has 0 heterocycles. The van der Waals surface area contributed by atoms with Crippen molar-refractivity contribution in [3.8, 4) is 0 Å². The summed E-state index contributed by atoms with van der Waals surface area (Å²) in [6, 6.07) is -1.23. The molecule has 1 aliphatic carbocycles. The fraction of sp³-hybridized carbons (Fsp3) is 0.846. The highest BCUT2D eigenvalue weighted by Crippen LogP contribution is 2.30. The first-order valence-electron chi connectivity index (χ1n) is 6.94. The van der Waals surface area contributed by atoms with Crippen LogP contribution in [0.3, 0.4) is 0 Å². The average Bonchev–Trinajstić information content (AvgIpc) is 3.13. The van der Waals surface area contributed by atoms with E-state index in [2.05, 4.69) is 5.32 Å². The van der Waals surface area contributed by atoms with Crippen molar-refractivity contribution in [2.75, 3.05) is 13.1 Å². The Bertz CT molecular complexity index is 381. The van der Waals surface area contributed by atoms with Crippen LogP contribution in [0.2, 0.25) is 0 Å². The van der Waals surface area contributed by atoms with Gasteiger partial charge in [-0.1, -0.05) is 13.8 Å². The largest absolute Gasteiger partial charge is 0.481 e. The Hall–Kier alpha value is -1.47. The number of nitrogens with zero attached hydrogens (tertiary/aromatic N) is 1. The summed E-state index contributed by atoms with van der Waals surface area (Å²) >= 11 is 0. The molecule has 5 nitrogen and oxygen atoms in total. The summed E-state index contributed by atoms with van der Waals surface area (Å²) in [5.41, 5.74) is 0. The second kappa shape index (κ2) is 7.00. The Balaban J connectivity index is 2.54. The van der Waals surface area contributed by atoms with Crippen LogP contribution in [-0.4, -0.2) is 47.3 Å². The molecule has 1 aliphatic rings. The first-order chi connectivity index (χ1) is 9.60.